The summed E-state index contributed by atoms with van der Waals surface area (Å²) < 4.78 is 9.67. The van der Waals surface area contributed by atoms with Gasteiger partial charge in [-0.3, -0.25) is 5.32 Å². The van der Waals surface area contributed by atoms with Crippen molar-refractivity contribution in [1.29, 1.82) is 0 Å². The van der Waals surface area contributed by atoms with Crippen molar-refractivity contribution in [3.8, 4) is 5.75 Å². The van der Waals surface area contributed by atoms with Crippen LogP contribution in [0.15, 0.2) is 6.20 Å². The lowest BCUT2D eigenvalue weighted by Crippen LogP contribution is -2.34. The van der Waals surface area contributed by atoms with Crippen molar-refractivity contribution in [1.82, 2.24) is 15.3 Å². The molecule has 1 heterocycles. The number of carbonyl (C=O) groups is 1. The number of hydrogen-bond acceptors (Lipinski definition) is 6. The van der Waals surface area contributed by atoms with Crippen LogP contribution in [-0.2, 0) is 4.74 Å². The van der Waals surface area contributed by atoms with Crippen molar-refractivity contribution in [2.45, 2.75) is 6.92 Å². The highest BCUT2D eigenvalue weighted by molar-refractivity contribution is 7.80. The normalized spacial score (nSPS) is 9.50. The highest BCUT2D eigenvalue weighted by Gasteiger charge is 2.10. The minimum Gasteiger partial charge on any atom is -0.491 e. The number of thiocarbonyl (C=S) groups is 1. The Kier molecular flexibility index (Phi) is 5.53. The lowest BCUT2D eigenvalue weighted by molar-refractivity contribution is 0.158. The van der Waals surface area contributed by atoms with Crippen LogP contribution in [0.4, 0.5) is 10.6 Å². The number of carbonyl (C=O) groups excluding carboxylic acids is 1. The summed E-state index contributed by atoms with van der Waals surface area (Å²) in [5.74, 6) is 0.590. The lowest BCUT2D eigenvalue weighted by atomic mass is 10.5. The Hall–Kier alpha value is -1.67. The average molecular weight is 291 g/mol. The zero-order valence-corrected chi connectivity index (χ0v) is 11.3. The van der Waals surface area contributed by atoms with Crippen LogP contribution in [0, 0.1) is 0 Å². The van der Waals surface area contributed by atoms with Crippen molar-refractivity contribution in [2.75, 3.05) is 19.0 Å². The molecule has 0 spiro atoms. The van der Waals surface area contributed by atoms with Crippen molar-refractivity contribution in [3.63, 3.8) is 0 Å². The van der Waals surface area contributed by atoms with Crippen LogP contribution in [0.1, 0.15) is 6.92 Å². The van der Waals surface area contributed by atoms with Crippen LogP contribution >= 0.6 is 23.8 Å². The third-order valence-electron chi connectivity index (χ3n) is 1.67. The third kappa shape index (κ3) is 4.30. The third-order valence-corrected chi connectivity index (χ3v) is 2.05. The molecule has 98 valence electrons. The number of methoxy groups -OCH3 is 1. The number of rotatable bonds is 3. The average Bonchev–Trinajstić information content (AvgIpc) is 2.29. The first-order valence-corrected chi connectivity index (χ1v) is 5.66. The highest BCUT2D eigenvalue weighted by Crippen LogP contribution is 2.21. The quantitative estimate of drug-likeness (QED) is 0.646. The Labute approximate surface area is 114 Å². The van der Waals surface area contributed by atoms with Crippen LogP contribution in [-0.4, -0.2) is 34.9 Å². The van der Waals surface area contributed by atoms with E-state index in [1.807, 2.05) is 0 Å². The number of ether oxygens (including phenoxy) is 2. The van der Waals surface area contributed by atoms with Gasteiger partial charge in [0.05, 0.1) is 19.9 Å². The number of halogens is 1. The van der Waals surface area contributed by atoms with Gasteiger partial charge < -0.3 is 14.8 Å². The minimum atomic E-state index is -0.658. The molecule has 0 atom stereocenters. The molecule has 1 aromatic heterocycles. The second-order valence-electron chi connectivity index (χ2n) is 2.86. The van der Waals surface area contributed by atoms with E-state index in [1.54, 1.807) is 6.92 Å². The van der Waals surface area contributed by atoms with Gasteiger partial charge in [0.1, 0.15) is 0 Å². The molecule has 18 heavy (non-hydrogen) atoms. The molecule has 1 amide bonds. The molecule has 7 nitrogen and oxygen atoms in total. The van der Waals surface area contributed by atoms with E-state index in [9.17, 15) is 4.79 Å². The van der Waals surface area contributed by atoms with Gasteiger partial charge in [-0.2, -0.15) is 4.98 Å². The number of nitrogens with one attached hydrogen (secondary N) is 2. The summed E-state index contributed by atoms with van der Waals surface area (Å²) in [6, 6.07) is 0. The van der Waals surface area contributed by atoms with E-state index in [-0.39, 0.29) is 22.8 Å². The van der Waals surface area contributed by atoms with Gasteiger partial charge in [0.25, 0.3) is 0 Å². The van der Waals surface area contributed by atoms with E-state index in [0.717, 1.165) is 0 Å². The molecule has 9 heteroatoms. The maximum absolute atomic E-state index is 11.1. The Morgan fingerprint density at radius 1 is 1.61 bits per heavy atom. The summed E-state index contributed by atoms with van der Waals surface area (Å²) in [4.78, 5) is 18.7. The predicted octanol–water partition coefficient (Wildman–Crippen LogP) is 1.58. The van der Waals surface area contributed by atoms with E-state index in [4.69, 9.17) is 28.6 Å². The monoisotopic (exact) mass is 290 g/mol. The van der Waals surface area contributed by atoms with Gasteiger partial charge in [0.2, 0.25) is 5.28 Å². The predicted molar refractivity (Wildman–Crippen MR) is 70.0 cm³/mol. The molecule has 1 aromatic rings. The highest BCUT2D eigenvalue weighted by atomic mass is 35.5. The summed E-state index contributed by atoms with van der Waals surface area (Å²) in [7, 11) is 1.44. The van der Waals surface area contributed by atoms with E-state index >= 15 is 0 Å². The van der Waals surface area contributed by atoms with Crippen LogP contribution in [0.5, 0.6) is 5.75 Å². The zero-order chi connectivity index (χ0) is 13.5. The molecule has 0 bridgehead atoms. The molecule has 0 radical (unpaired) electrons. The summed E-state index contributed by atoms with van der Waals surface area (Å²) in [6.07, 6.45) is 0.721. The Morgan fingerprint density at radius 3 is 2.94 bits per heavy atom. The smallest absolute Gasteiger partial charge is 0.413 e. The first-order valence-electron chi connectivity index (χ1n) is 4.88. The molecule has 0 aliphatic heterocycles. The molecule has 0 saturated heterocycles. The largest absolute Gasteiger partial charge is 0.491 e. The number of anilines is 1. The van der Waals surface area contributed by atoms with Crippen LogP contribution in [0.3, 0.4) is 0 Å². The summed E-state index contributed by atoms with van der Waals surface area (Å²) >= 11 is 10.5. The lowest BCUT2D eigenvalue weighted by Gasteiger charge is -2.11. The molecule has 2 N–H and O–H groups in total. The zero-order valence-electron chi connectivity index (χ0n) is 9.69. The van der Waals surface area contributed by atoms with E-state index in [2.05, 4.69) is 25.3 Å². The second kappa shape index (κ2) is 6.92. The summed E-state index contributed by atoms with van der Waals surface area (Å²) in [5.41, 5.74) is 0. The van der Waals surface area contributed by atoms with Crippen LogP contribution in [0.25, 0.3) is 0 Å². The second-order valence-corrected chi connectivity index (χ2v) is 3.60. The SMILES string of the molecule is CCOC(=O)NC(=S)Nc1nc(Cl)ncc1OC. The molecule has 1 rings (SSSR count). The topological polar surface area (TPSA) is 85.4 Å². The number of amides is 1. The van der Waals surface area contributed by atoms with Crippen molar-refractivity contribution in [3.05, 3.63) is 11.5 Å². The van der Waals surface area contributed by atoms with Gasteiger partial charge in [-0.15, -0.1) is 0 Å². The van der Waals surface area contributed by atoms with Gasteiger partial charge in [0, 0.05) is 0 Å². The number of alkyl carbamates (subject to hydrolysis) is 1. The number of aromatic nitrogens is 2. The Balaban J connectivity index is 2.69. The van der Waals surface area contributed by atoms with Crippen molar-refractivity contribution in [2.24, 2.45) is 0 Å². The maximum atomic E-state index is 11.1. The van der Waals surface area contributed by atoms with Gasteiger partial charge in [-0.25, -0.2) is 9.78 Å². The first-order chi connectivity index (χ1) is 8.56. The fourth-order valence-electron chi connectivity index (χ4n) is 0.987. The van der Waals surface area contributed by atoms with E-state index in [1.165, 1.54) is 13.3 Å². The first kappa shape index (κ1) is 14.4. The Morgan fingerprint density at radius 2 is 2.33 bits per heavy atom. The van der Waals surface area contributed by atoms with Crippen molar-refractivity contribution >= 4 is 40.8 Å². The fraction of sp³-hybridized carbons (Fsp3) is 0.333. The van der Waals surface area contributed by atoms with Crippen LogP contribution in [0.2, 0.25) is 5.28 Å². The summed E-state index contributed by atoms with van der Waals surface area (Å²) in [6.45, 7) is 1.93. The van der Waals surface area contributed by atoms with Gasteiger partial charge in [-0.1, -0.05) is 0 Å². The molecular weight excluding hydrogens is 280 g/mol. The molecule has 0 aliphatic carbocycles. The summed E-state index contributed by atoms with van der Waals surface area (Å²) in [5, 5.41) is 4.99. The van der Waals surface area contributed by atoms with Gasteiger partial charge in [0.15, 0.2) is 16.7 Å². The van der Waals surface area contributed by atoms with Crippen molar-refractivity contribution < 1.29 is 14.3 Å². The van der Waals surface area contributed by atoms with E-state index in [0.29, 0.717) is 5.75 Å². The standard InChI is InChI=1S/C9H11ClN4O3S/c1-3-17-9(15)14-8(18)13-6-5(16-2)4-11-7(10)12-6/h4H,3H2,1-2H3,(H2,11,12,13,14,15,18). The maximum Gasteiger partial charge on any atom is 0.413 e. The molecule has 0 unspecified atom stereocenters. The fourth-order valence-corrected chi connectivity index (χ4v) is 1.30. The molecule has 0 aromatic carbocycles. The van der Waals surface area contributed by atoms with Crippen LogP contribution < -0.4 is 15.4 Å². The minimum absolute atomic E-state index is 0.0153. The van der Waals surface area contributed by atoms with Gasteiger partial charge >= 0.3 is 6.09 Å². The molecule has 0 aliphatic rings. The molecule has 0 fully saturated rings. The van der Waals surface area contributed by atoms with Gasteiger partial charge in [-0.05, 0) is 30.7 Å². The Bertz CT molecular complexity index is 457. The molecular formula is C9H11ClN4O3S. The number of nitrogens with zero attached hydrogens (tertiary/aromatic N) is 2. The van der Waals surface area contributed by atoms with E-state index < -0.39 is 6.09 Å². The number of hydrogen-bond donors (Lipinski definition) is 2. The molecule has 0 saturated carbocycles.